The Morgan fingerprint density at radius 1 is 0.438 bits per heavy atom. The molecule has 0 aliphatic carbocycles. The topological polar surface area (TPSA) is 181 Å². The zero-order valence-corrected chi connectivity index (χ0v) is 29.5. The molecule has 0 saturated heterocycles. The predicted octanol–water partition coefficient (Wildman–Crippen LogP) is 3.53. The third-order valence-electron chi connectivity index (χ3n) is 7.18. The first-order chi connectivity index (χ1) is 22.9. The molecule has 0 aromatic rings. The summed E-state index contributed by atoms with van der Waals surface area (Å²) in [5.74, 6) is -3.32. The molecule has 0 aromatic carbocycles. The Morgan fingerprint density at radius 2 is 0.729 bits per heavy atom. The van der Waals surface area contributed by atoms with Crippen LogP contribution in [-0.2, 0) is 57.2 Å². The van der Waals surface area contributed by atoms with Crippen LogP contribution in [0, 0.1) is 11.8 Å². The Bertz CT molecular complexity index is 821. The lowest BCUT2D eigenvalue weighted by molar-refractivity contribution is -0.154. The van der Waals surface area contributed by atoms with E-state index in [1.165, 1.54) is 27.7 Å². The van der Waals surface area contributed by atoms with Crippen LogP contribution >= 0.6 is 0 Å². The van der Waals surface area contributed by atoms with Gasteiger partial charge in [0.05, 0.1) is 18.4 Å². The van der Waals surface area contributed by atoms with Gasteiger partial charge in [-0.15, -0.1) is 0 Å². The molecule has 0 amide bonds. The van der Waals surface area contributed by atoms with Crippen LogP contribution < -0.4 is 0 Å². The van der Waals surface area contributed by atoms with Crippen molar-refractivity contribution in [2.75, 3.05) is 65.9 Å². The van der Waals surface area contributed by atoms with Crippen LogP contribution in [0.15, 0.2) is 0 Å². The van der Waals surface area contributed by atoms with E-state index in [0.717, 1.165) is 64.5 Å². The molecule has 0 atom stereocenters. The highest BCUT2D eigenvalue weighted by Gasteiger charge is 2.17. The van der Waals surface area contributed by atoms with E-state index >= 15 is 0 Å². The number of ether oxygens (including phenoxy) is 6. The van der Waals surface area contributed by atoms with Crippen LogP contribution in [0.3, 0.4) is 0 Å². The molecule has 0 radical (unpaired) electrons. The highest BCUT2D eigenvalue weighted by atomic mass is 16.6. The number of unbranched alkanes of at least 4 members (excludes halogenated alkanes) is 8. The Hall–Kier alpha value is -3.26. The first-order valence-corrected chi connectivity index (χ1v) is 17.1. The number of esters is 6. The molecule has 0 aromatic heterocycles. The SMILES string of the molecule is CC(=O)OCC(COC(C)=O)COC(=O)CCCCCCCN(CCO)CCCCCCCC(=O)OCC(COC(C)=O)COC(C)=O. The fourth-order valence-electron chi connectivity index (χ4n) is 4.54. The molecule has 0 aliphatic heterocycles. The van der Waals surface area contributed by atoms with Crippen LogP contribution in [0.25, 0.3) is 0 Å². The average molecular weight is 690 g/mol. The molecule has 0 saturated carbocycles. The van der Waals surface area contributed by atoms with E-state index in [1.807, 2.05) is 0 Å². The smallest absolute Gasteiger partial charge is 0.305 e. The molecule has 278 valence electrons. The van der Waals surface area contributed by atoms with Gasteiger partial charge in [-0.3, -0.25) is 28.8 Å². The van der Waals surface area contributed by atoms with Crippen LogP contribution in [0.4, 0.5) is 0 Å². The molecular weight excluding hydrogens is 630 g/mol. The van der Waals surface area contributed by atoms with E-state index in [1.54, 1.807) is 0 Å². The maximum atomic E-state index is 12.1. The molecule has 1 N–H and O–H groups in total. The van der Waals surface area contributed by atoms with E-state index in [2.05, 4.69) is 4.90 Å². The lowest BCUT2D eigenvalue weighted by Crippen LogP contribution is -2.29. The van der Waals surface area contributed by atoms with Gasteiger partial charge in [0.2, 0.25) is 0 Å². The fourth-order valence-corrected chi connectivity index (χ4v) is 4.54. The van der Waals surface area contributed by atoms with Crippen molar-refractivity contribution in [3.63, 3.8) is 0 Å². The lowest BCUT2D eigenvalue weighted by atomic mass is 10.1. The van der Waals surface area contributed by atoms with E-state index in [-0.39, 0.29) is 58.2 Å². The van der Waals surface area contributed by atoms with Crippen molar-refractivity contribution < 1.29 is 62.3 Å². The van der Waals surface area contributed by atoms with Crippen molar-refractivity contribution in [1.29, 1.82) is 0 Å². The van der Waals surface area contributed by atoms with Crippen LogP contribution in [0.2, 0.25) is 0 Å². The number of carbonyl (C=O) groups is 6. The van der Waals surface area contributed by atoms with Crippen molar-refractivity contribution in [2.24, 2.45) is 11.8 Å². The summed E-state index contributed by atoms with van der Waals surface area (Å²) in [5.41, 5.74) is 0. The van der Waals surface area contributed by atoms with Gasteiger partial charge in [0.1, 0.15) is 39.6 Å². The normalized spacial score (nSPS) is 11.0. The zero-order valence-electron chi connectivity index (χ0n) is 29.5. The second-order valence-corrected chi connectivity index (χ2v) is 11.9. The Morgan fingerprint density at radius 3 is 1.04 bits per heavy atom. The molecule has 0 aliphatic rings. The molecule has 14 nitrogen and oxygen atoms in total. The van der Waals surface area contributed by atoms with Crippen molar-refractivity contribution in [2.45, 2.75) is 105 Å². The number of hydrogen-bond donors (Lipinski definition) is 1. The third kappa shape index (κ3) is 30.1. The van der Waals surface area contributed by atoms with Gasteiger partial charge in [0.25, 0.3) is 0 Å². The average Bonchev–Trinajstić information content (AvgIpc) is 3.02. The molecule has 0 heterocycles. The molecule has 0 bridgehead atoms. The molecule has 0 fully saturated rings. The Kier molecular flexibility index (Phi) is 27.8. The predicted molar refractivity (Wildman–Crippen MR) is 174 cm³/mol. The van der Waals surface area contributed by atoms with Gasteiger partial charge in [-0.2, -0.15) is 0 Å². The Balaban J connectivity index is 4.00. The third-order valence-corrected chi connectivity index (χ3v) is 7.18. The summed E-state index contributed by atoms with van der Waals surface area (Å²) in [6.45, 7) is 7.71. The van der Waals surface area contributed by atoms with Crippen LogP contribution in [0.1, 0.15) is 105 Å². The first kappa shape index (κ1) is 44.7. The number of nitrogens with zero attached hydrogens (tertiary/aromatic N) is 1. The fraction of sp³-hybridized carbons (Fsp3) is 0.824. The zero-order chi connectivity index (χ0) is 36.0. The summed E-state index contributed by atoms with van der Waals surface area (Å²) in [6, 6.07) is 0. The van der Waals surface area contributed by atoms with Crippen LogP contribution in [-0.4, -0.2) is 112 Å². The van der Waals surface area contributed by atoms with Crippen LogP contribution in [0.5, 0.6) is 0 Å². The van der Waals surface area contributed by atoms with Gasteiger partial charge in [-0.1, -0.05) is 38.5 Å². The van der Waals surface area contributed by atoms with Gasteiger partial charge in [-0.25, -0.2) is 0 Å². The lowest BCUT2D eigenvalue weighted by Gasteiger charge is -2.21. The number of rotatable bonds is 30. The number of aliphatic hydroxyl groups excluding tert-OH is 1. The molecule has 0 rings (SSSR count). The minimum Gasteiger partial charge on any atom is -0.465 e. The van der Waals surface area contributed by atoms with E-state index in [9.17, 15) is 33.9 Å². The second kappa shape index (κ2) is 29.8. The molecule has 14 heteroatoms. The monoisotopic (exact) mass is 689 g/mol. The summed E-state index contributed by atoms with van der Waals surface area (Å²) < 4.78 is 30.3. The minimum absolute atomic E-state index is 0.00757. The molecule has 0 spiro atoms. The highest BCUT2D eigenvalue weighted by Crippen LogP contribution is 2.11. The first-order valence-electron chi connectivity index (χ1n) is 17.1. The van der Waals surface area contributed by atoms with E-state index < -0.39 is 35.7 Å². The summed E-state index contributed by atoms with van der Waals surface area (Å²) in [7, 11) is 0. The minimum atomic E-state index is -0.457. The maximum absolute atomic E-state index is 12.1. The highest BCUT2D eigenvalue weighted by molar-refractivity contribution is 5.70. The molecule has 0 unspecified atom stereocenters. The quantitative estimate of drug-likeness (QED) is 0.0657. The van der Waals surface area contributed by atoms with Crippen molar-refractivity contribution in [3.8, 4) is 0 Å². The van der Waals surface area contributed by atoms with Crippen molar-refractivity contribution in [1.82, 2.24) is 4.90 Å². The maximum Gasteiger partial charge on any atom is 0.305 e. The standard InChI is InChI=1S/C34H59NO13/c1-27(37)43-21-31(22-44-28(2)38)25-47-33(41)15-11-7-5-9-13-17-35(19-20-36)18-14-10-6-8-12-16-34(42)48-26-32(23-45-29(3)39)24-46-30(4)40/h31-32,36H,5-26H2,1-4H3. The van der Waals surface area contributed by atoms with Crippen molar-refractivity contribution >= 4 is 35.8 Å². The second-order valence-electron chi connectivity index (χ2n) is 11.9. The van der Waals surface area contributed by atoms with Gasteiger partial charge >= 0.3 is 35.8 Å². The number of carbonyl (C=O) groups excluding carboxylic acids is 6. The summed E-state index contributed by atoms with van der Waals surface area (Å²) in [6.07, 6.45) is 9.83. The van der Waals surface area contributed by atoms with Gasteiger partial charge < -0.3 is 38.4 Å². The summed E-state index contributed by atoms with van der Waals surface area (Å²) in [5, 5.41) is 9.44. The largest absolute Gasteiger partial charge is 0.465 e. The molecule has 48 heavy (non-hydrogen) atoms. The van der Waals surface area contributed by atoms with Crippen molar-refractivity contribution in [3.05, 3.63) is 0 Å². The molecular formula is C34H59NO13. The van der Waals surface area contributed by atoms with E-state index in [0.29, 0.717) is 32.2 Å². The van der Waals surface area contributed by atoms with Gasteiger partial charge in [-0.05, 0) is 38.8 Å². The van der Waals surface area contributed by atoms with Gasteiger partial charge in [0, 0.05) is 47.1 Å². The van der Waals surface area contributed by atoms with E-state index in [4.69, 9.17) is 28.4 Å². The summed E-state index contributed by atoms with van der Waals surface area (Å²) >= 11 is 0. The number of aliphatic hydroxyl groups is 1. The number of hydrogen-bond acceptors (Lipinski definition) is 14. The summed E-state index contributed by atoms with van der Waals surface area (Å²) in [4.78, 5) is 70.7. The van der Waals surface area contributed by atoms with Gasteiger partial charge in [0.15, 0.2) is 0 Å². The Labute approximate surface area is 285 Å².